The maximum Gasteiger partial charge on any atom is 0.435 e. The van der Waals surface area contributed by atoms with Crippen molar-refractivity contribution in [1.82, 2.24) is 9.97 Å². The SMILES string of the molecule is FC(F)(F)c1nc2ccccc2nc1-c1ccco1. The number of furan rings is 1. The van der Waals surface area contributed by atoms with Crippen LogP contribution in [0, 0.1) is 0 Å². The Bertz CT molecular complexity index is 720. The zero-order chi connectivity index (χ0) is 13.5. The van der Waals surface area contributed by atoms with Crippen LogP contribution in [-0.4, -0.2) is 9.97 Å². The second-order valence-electron chi connectivity index (χ2n) is 3.88. The van der Waals surface area contributed by atoms with Gasteiger partial charge < -0.3 is 4.42 Å². The molecule has 3 nitrogen and oxygen atoms in total. The fourth-order valence-electron chi connectivity index (χ4n) is 1.78. The average Bonchev–Trinajstić information content (AvgIpc) is 2.90. The quantitative estimate of drug-likeness (QED) is 0.669. The Morgan fingerprint density at radius 3 is 2.16 bits per heavy atom. The molecule has 96 valence electrons. The van der Waals surface area contributed by atoms with E-state index in [1.165, 1.54) is 24.5 Å². The normalized spacial score (nSPS) is 11.9. The molecule has 2 heterocycles. The summed E-state index contributed by atoms with van der Waals surface area (Å²) in [6.45, 7) is 0. The molecule has 1 aromatic carbocycles. The Morgan fingerprint density at radius 2 is 1.58 bits per heavy atom. The molecular formula is C13H7F3N2O. The third-order valence-corrected chi connectivity index (χ3v) is 2.59. The van der Waals surface area contributed by atoms with Crippen molar-refractivity contribution >= 4 is 11.0 Å². The predicted molar refractivity (Wildman–Crippen MR) is 62.2 cm³/mol. The summed E-state index contributed by atoms with van der Waals surface area (Å²) in [7, 11) is 0. The van der Waals surface area contributed by atoms with Crippen molar-refractivity contribution in [2.75, 3.05) is 0 Å². The molecule has 0 amide bonds. The number of halogens is 3. The molecule has 19 heavy (non-hydrogen) atoms. The van der Waals surface area contributed by atoms with Crippen LogP contribution in [0.1, 0.15) is 5.69 Å². The molecule has 0 spiro atoms. The molecule has 0 saturated heterocycles. The minimum absolute atomic E-state index is 0.0468. The van der Waals surface area contributed by atoms with Gasteiger partial charge in [-0.1, -0.05) is 12.1 Å². The van der Waals surface area contributed by atoms with Gasteiger partial charge in [0.15, 0.2) is 11.5 Å². The van der Waals surface area contributed by atoms with Gasteiger partial charge >= 0.3 is 6.18 Å². The first-order valence-corrected chi connectivity index (χ1v) is 5.43. The molecule has 0 unspecified atom stereocenters. The number of fused-ring (bicyclic) bond motifs is 1. The van der Waals surface area contributed by atoms with E-state index < -0.39 is 11.9 Å². The standard InChI is InChI=1S/C13H7F3N2O/c14-13(15,16)12-11(10-6-3-7-19-10)17-8-4-1-2-5-9(8)18-12/h1-7H. The van der Waals surface area contributed by atoms with Crippen LogP contribution in [0.15, 0.2) is 47.1 Å². The Balaban J connectivity index is 2.34. The Kier molecular flexibility index (Phi) is 2.51. The van der Waals surface area contributed by atoms with Crippen molar-refractivity contribution in [3.8, 4) is 11.5 Å². The number of rotatable bonds is 1. The summed E-state index contributed by atoms with van der Waals surface area (Å²) in [5.74, 6) is 0.0468. The predicted octanol–water partition coefficient (Wildman–Crippen LogP) is 3.91. The summed E-state index contributed by atoms with van der Waals surface area (Å²) in [4.78, 5) is 7.66. The monoisotopic (exact) mass is 264 g/mol. The number of aromatic nitrogens is 2. The maximum absolute atomic E-state index is 13.0. The first-order valence-electron chi connectivity index (χ1n) is 5.43. The number of alkyl halides is 3. The van der Waals surface area contributed by atoms with Gasteiger partial charge in [0.25, 0.3) is 0 Å². The lowest BCUT2D eigenvalue weighted by molar-refractivity contribution is -0.140. The molecule has 0 saturated carbocycles. The van der Waals surface area contributed by atoms with Crippen molar-refractivity contribution in [1.29, 1.82) is 0 Å². The minimum Gasteiger partial charge on any atom is -0.463 e. The molecule has 0 aliphatic carbocycles. The molecule has 3 aromatic rings. The summed E-state index contributed by atoms with van der Waals surface area (Å²) >= 11 is 0. The molecule has 0 aliphatic heterocycles. The van der Waals surface area contributed by atoms with Gasteiger partial charge in [0.1, 0.15) is 5.69 Å². The second-order valence-corrected chi connectivity index (χ2v) is 3.88. The van der Waals surface area contributed by atoms with Crippen LogP contribution in [0.5, 0.6) is 0 Å². The van der Waals surface area contributed by atoms with Gasteiger partial charge in [-0.15, -0.1) is 0 Å². The summed E-state index contributed by atoms with van der Waals surface area (Å²) in [5, 5.41) is 0. The van der Waals surface area contributed by atoms with Crippen molar-refractivity contribution in [2.24, 2.45) is 0 Å². The Labute approximate surface area is 105 Å². The molecule has 0 atom stereocenters. The van der Waals surface area contributed by atoms with Crippen LogP contribution in [0.2, 0.25) is 0 Å². The zero-order valence-corrected chi connectivity index (χ0v) is 9.48. The molecule has 0 N–H and O–H groups in total. The smallest absolute Gasteiger partial charge is 0.435 e. The lowest BCUT2D eigenvalue weighted by atomic mass is 10.2. The maximum atomic E-state index is 13.0. The molecule has 6 heteroatoms. The molecule has 0 aliphatic rings. The first kappa shape index (κ1) is 11.7. The van der Waals surface area contributed by atoms with Crippen molar-refractivity contribution in [2.45, 2.75) is 6.18 Å². The van der Waals surface area contributed by atoms with Crippen molar-refractivity contribution in [3.63, 3.8) is 0 Å². The van der Waals surface area contributed by atoms with E-state index in [1.807, 2.05) is 0 Å². The van der Waals surface area contributed by atoms with Crippen molar-refractivity contribution in [3.05, 3.63) is 48.4 Å². The number of benzene rings is 1. The highest BCUT2D eigenvalue weighted by Gasteiger charge is 2.37. The second kappa shape index (κ2) is 4.08. The molecular weight excluding hydrogens is 257 g/mol. The number of nitrogens with zero attached hydrogens (tertiary/aromatic N) is 2. The Morgan fingerprint density at radius 1 is 0.895 bits per heavy atom. The number of hydrogen-bond donors (Lipinski definition) is 0. The van der Waals surface area contributed by atoms with Gasteiger partial charge in [-0.25, -0.2) is 9.97 Å². The van der Waals surface area contributed by atoms with Crippen molar-refractivity contribution < 1.29 is 17.6 Å². The summed E-state index contributed by atoms with van der Waals surface area (Å²) < 4.78 is 44.1. The van der Waals surface area contributed by atoms with E-state index in [2.05, 4.69) is 9.97 Å². The van der Waals surface area contributed by atoms with Crippen LogP contribution < -0.4 is 0 Å². The lowest BCUT2D eigenvalue weighted by Gasteiger charge is -2.10. The van der Waals surface area contributed by atoms with Crippen LogP contribution in [0.25, 0.3) is 22.5 Å². The molecule has 2 aromatic heterocycles. The van der Waals surface area contributed by atoms with Crippen LogP contribution in [0.3, 0.4) is 0 Å². The molecule has 0 radical (unpaired) electrons. The van der Waals surface area contributed by atoms with E-state index in [9.17, 15) is 13.2 Å². The van der Waals surface area contributed by atoms with E-state index in [-0.39, 0.29) is 17.0 Å². The highest BCUT2D eigenvalue weighted by Crippen LogP contribution is 2.35. The van der Waals surface area contributed by atoms with Gasteiger partial charge in [-0.2, -0.15) is 13.2 Å². The van der Waals surface area contributed by atoms with Gasteiger partial charge in [0.2, 0.25) is 0 Å². The van der Waals surface area contributed by atoms with Gasteiger partial charge in [0.05, 0.1) is 17.3 Å². The summed E-state index contributed by atoms with van der Waals surface area (Å²) in [5.41, 5.74) is -0.746. The molecule has 0 fully saturated rings. The minimum atomic E-state index is -4.58. The van der Waals surface area contributed by atoms with Gasteiger partial charge in [-0.05, 0) is 24.3 Å². The van der Waals surface area contributed by atoms with E-state index in [4.69, 9.17) is 4.42 Å². The van der Waals surface area contributed by atoms with E-state index in [1.54, 1.807) is 18.2 Å². The highest BCUT2D eigenvalue weighted by atomic mass is 19.4. The van der Waals surface area contributed by atoms with Gasteiger partial charge in [0, 0.05) is 0 Å². The third kappa shape index (κ3) is 2.05. The summed E-state index contributed by atoms with van der Waals surface area (Å²) in [6.07, 6.45) is -3.29. The largest absolute Gasteiger partial charge is 0.463 e. The number of para-hydroxylation sites is 2. The van der Waals surface area contributed by atoms with E-state index >= 15 is 0 Å². The first-order chi connectivity index (χ1) is 9.05. The highest BCUT2D eigenvalue weighted by molar-refractivity contribution is 5.77. The third-order valence-electron chi connectivity index (χ3n) is 2.59. The van der Waals surface area contributed by atoms with Gasteiger partial charge in [-0.3, -0.25) is 0 Å². The molecule has 3 rings (SSSR count). The van der Waals surface area contributed by atoms with Crippen LogP contribution in [-0.2, 0) is 6.18 Å². The fraction of sp³-hybridized carbons (Fsp3) is 0.0769. The fourth-order valence-corrected chi connectivity index (χ4v) is 1.78. The molecule has 0 bridgehead atoms. The Hall–Kier alpha value is -2.37. The van der Waals surface area contributed by atoms with Crippen LogP contribution >= 0.6 is 0 Å². The number of hydrogen-bond acceptors (Lipinski definition) is 3. The lowest BCUT2D eigenvalue weighted by Crippen LogP contribution is -2.11. The summed E-state index contributed by atoms with van der Waals surface area (Å²) in [6, 6.07) is 9.33. The van der Waals surface area contributed by atoms with E-state index in [0.717, 1.165) is 0 Å². The zero-order valence-electron chi connectivity index (χ0n) is 9.48. The average molecular weight is 264 g/mol. The van der Waals surface area contributed by atoms with Crippen LogP contribution in [0.4, 0.5) is 13.2 Å². The topological polar surface area (TPSA) is 38.9 Å². The van der Waals surface area contributed by atoms with E-state index in [0.29, 0.717) is 5.52 Å².